The molecular formula is C24H22Cl2F3N9OS. The van der Waals surface area contributed by atoms with Gasteiger partial charge in [-0.2, -0.15) is 23.1 Å². The van der Waals surface area contributed by atoms with Gasteiger partial charge in [0.2, 0.25) is 0 Å². The molecule has 16 heteroatoms. The van der Waals surface area contributed by atoms with E-state index in [1.165, 1.54) is 16.9 Å². The first-order valence-corrected chi connectivity index (χ1v) is 12.8. The molecule has 0 aliphatic heterocycles. The summed E-state index contributed by atoms with van der Waals surface area (Å²) in [7, 11) is 0. The number of halogens is 5. The minimum Gasteiger partial charge on any atom is -0.371 e. The number of aromatic nitrogens is 7. The number of carbonyl (C=O) groups excluding carboxylic acids is 1. The molecule has 2 N–H and O–H groups in total. The molecule has 0 saturated carbocycles. The number of nitrogens with zero attached hydrogens (tertiary/aromatic N) is 7. The van der Waals surface area contributed by atoms with Crippen molar-refractivity contribution in [2.45, 2.75) is 46.0 Å². The van der Waals surface area contributed by atoms with Crippen LogP contribution in [-0.4, -0.2) is 51.4 Å². The highest BCUT2D eigenvalue weighted by molar-refractivity contribution is 7.80. The molecule has 0 aliphatic carbocycles. The molecule has 3 heterocycles. The molecule has 0 atom stereocenters. The van der Waals surface area contributed by atoms with Gasteiger partial charge in [0.15, 0.2) is 5.82 Å². The Labute approximate surface area is 241 Å². The van der Waals surface area contributed by atoms with Crippen molar-refractivity contribution in [3.63, 3.8) is 0 Å². The molecule has 0 fully saturated rings. The first kappa shape index (κ1) is 29.4. The summed E-state index contributed by atoms with van der Waals surface area (Å²) in [6.45, 7) is 7.26. The SMILES string of the molecule is Cc1cc(Cl)cc(C(=S)NC(C)(C)C)c1NC(=O)c1cc(Cn2nnc(C(F)(F)F)n2)nn1-c1ncccc1Cl. The fourth-order valence-corrected chi connectivity index (χ4v) is 4.55. The van der Waals surface area contributed by atoms with Gasteiger partial charge >= 0.3 is 6.18 Å². The van der Waals surface area contributed by atoms with E-state index >= 15 is 0 Å². The number of anilines is 1. The summed E-state index contributed by atoms with van der Waals surface area (Å²) >= 11 is 18.2. The van der Waals surface area contributed by atoms with Crippen molar-refractivity contribution >= 4 is 52.0 Å². The van der Waals surface area contributed by atoms with Gasteiger partial charge in [-0.1, -0.05) is 35.4 Å². The average molecular weight is 612 g/mol. The first-order chi connectivity index (χ1) is 18.6. The maximum absolute atomic E-state index is 13.7. The van der Waals surface area contributed by atoms with Crippen molar-refractivity contribution in [3.8, 4) is 5.82 Å². The van der Waals surface area contributed by atoms with Gasteiger partial charge < -0.3 is 10.6 Å². The van der Waals surface area contributed by atoms with Crippen LogP contribution in [0.3, 0.4) is 0 Å². The van der Waals surface area contributed by atoms with Crippen LogP contribution in [0.5, 0.6) is 0 Å². The van der Waals surface area contributed by atoms with E-state index in [4.69, 9.17) is 35.4 Å². The topological polar surface area (TPSA) is 115 Å². The fourth-order valence-electron chi connectivity index (χ4n) is 3.61. The number of tetrazole rings is 1. The third-order valence-corrected chi connectivity index (χ3v) is 6.05. The van der Waals surface area contributed by atoms with Crippen molar-refractivity contribution < 1.29 is 18.0 Å². The summed E-state index contributed by atoms with van der Waals surface area (Å²) in [6.07, 6.45) is -3.31. The second-order valence-electron chi connectivity index (χ2n) is 9.69. The standard InChI is InChI=1S/C24H22Cl2F3N9OS/c1-12-8-13(25)9-15(21(40)32-23(2,3)4)18(12)31-20(39)17-10-14(11-37-35-22(33-36-37)24(27,28)29)34-38(17)19-16(26)6-5-7-30-19/h5-10H,11H2,1-4H3,(H,31,39)(H,32,40). The molecule has 4 rings (SSSR count). The highest BCUT2D eigenvalue weighted by atomic mass is 35.5. The molecule has 0 unspecified atom stereocenters. The van der Waals surface area contributed by atoms with Crippen molar-refractivity contribution in [3.05, 3.63) is 74.9 Å². The van der Waals surface area contributed by atoms with E-state index in [2.05, 4.69) is 36.1 Å². The normalized spacial score (nSPS) is 11.9. The molecule has 4 aromatic rings. The quantitative estimate of drug-likeness (QED) is 0.284. The van der Waals surface area contributed by atoms with Gasteiger partial charge in [0.05, 0.1) is 16.4 Å². The Balaban J connectivity index is 1.74. The summed E-state index contributed by atoms with van der Waals surface area (Å²) in [5.74, 6) is -1.89. The number of amides is 1. The third-order valence-electron chi connectivity index (χ3n) is 5.21. The second kappa shape index (κ2) is 11.1. The fraction of sp³-hybridized carbons (Fsp3) is 0.292. The second-order valence-corrected chi connectivity index (χ2v) is 10.9. The van der Waals surface area contributed by atoms with Crippen molar-refractivity contribution in [2.75, 3.05) is 5.32 Å². The van der Waals surface area contributed by atoms with Crippen molar-refractivity contribution in [1.82, 2.24) is 40.3 Å². The number of thiocarbonyl (C=S) groups is 1. The van der Waals surface area contributed by atoms with Gasteiger partial charge in [-0.05, 0) is 68.8 Å². The minimum atomic E-state index is -4.76. The molecular weight excluding hydrogens is 590 g/mol. The Morgan fingerprint density at radius 1 is 1.12 bits per heavy atom. The lowest BCUT2D eigenvalue weighted by Crippen LogP contribution is -2.40. The van der Waals surface area contributed by atoms with Crippen molar-refractivity contribution in [2.24, 2.45) is 0 Å². The third kappa shape index (κ3) is 6.74. The molecule has 0 aliphatic rings. The summed E-state index contributed by atoms with van der Waals surface area (Å²) in [5, 5.41) is 20.8. The minimum absolute atomic E-state index is 0.0123. The number of aryl methyl sites for hydroxylation is 1. The lowest BCUT2D eigenvalue weighted by molar-refractivity contribution is -0.145. The van der Waals surface area contributed by atoms with Crippen LogP contribution in [0.25, 0.3) is 5.82 Å². The number of carbonyl (C=O) groups is 1. The van der Waals surface area contributed by atoms with Crippen LogP contribution < -0.4 is 10.6 Å². The average Bonchev–Trinajstić information content (AvgIpc) is 3.47. The zero-order valence-electron chi connectivity index (χ0n) is 21.5. The van der Waals surface area contributed by atoms with Crippen molar-refractivity contribution in [1.29, 1.82) is 0 Å². The van der Waals surface area contributed by atoms with E-state index < -0.39 is 17.9 Å². The number of benzene rings is 1. The lowest BCUT2D eigenvalue weighted by Gasteiger charge is -2.24. The van der Waals surface area contributed by atoms with Gasteiger partial charge in [-0.15, -0.1) is 10.2 Å². The number of rotatable bonds is 6. The van der Waals surface area contributed by atoms with Crippen LogP contribution in [0.15, 0.2) is 36.5 Å². The smallest absolute Gasteiger partial charge is 0.371 e. The van der Waals surface area contributed by atoms with Crippen LogP contribution in [0.1, 0.15) is 53.9 Å². The molecule has 1 aromatic carbocycles. The monoisotopic (exact) mass is 611 g/mol. The molecule has 0 radical (unpaired) electrons. The molecule has 0 saturated heterocycles. The largest absolute Gasteiger partial charge is 0.455 e. The first-order valence-electron chi connectivity index (χ1n) is 11.6. The lowest BCUT2D eigenvalue weighted by atomic mass is 10.0. The summed E-state index contributed by atoms with van der Waals surface area (Å²) in [6, 6.07) is 7.83. The Kier molecular flexibility index (Phi) is 8.15. The van der Waals surface area contributed by atoms with Gasteiger partial charge in [0.25, 0.3) is 11.7 Å². The molecule has 3 aromatic heterocycles. The number of hydrogen-bond donors (Lipinski definition) is 2. The molecule has 1 amide bonds. The number of hydrogen-bond acceptors (Lipinski definition) is 7. The molecule has 0 bridgehead atoms. The molecule has 0 spiro atoms. The van der Waals surface area contributed by atoms with Crippen LogP contribution in [0, 0.1) is 6.92 Å². The Morgan fingerprint density at radius 2 is 1.85 bits per heavy atom. The van der Waals surface area contributed by atoms with E-state index in [9.17, 15) is 18.0 Å². The van der Waals surface area contributed by atoms with E-state index in [-0.39, 0.29) is 34.3 Å². The van der Waals surface area contributed by atoms with Crippen LogP contribution in [-0.2, 0) is 12.7 Å². The van der Waals surface area contributed by atoms with Gasteiger partial charge in [0.1, 0.15) is 17.2 Å². The van der Waals surface area contributed by atoms with E-state index in [0.29, 0.717) is 26.8 Å². The van der Waals surface area contributed by atoms with E-state index in [1.54, 1.807) is 31.2 Å². The Hall–Kier alpha value is -3.62. The number of nitrogens with one attached hydrogen (secondary N) is 2. The highest BCUT2D eigenvalue weighted by Crippen LogP contribution is 2.28. The van der Waals surface area contributed by atoms with Gasteiger partial charge in [-0.25, -0.2) is 9.67 Å². The maximum atomic E-state index is 13.7. The number of alkyl halides is 3. The van der Waals surface area contributed by atoms with Gasteiger partial charge in [-0.3, -0.25) is 4.79 Å². The zero-order chi connectivity index (χ0) is 29.4. The number of pyridine rings is 1. The van der Waals surface area contributed by atoms with Gasteiger partial charge in [0, 0.05) is 22.3 Å². The summed E-state index contributed by atoms with van der Waals surface area (Å²) in [5.41, 5.74) is 1.32. The summed E-state index contributed by atoms with van der Waals surface area (Å²) < 4.78 is 40.0. The Bertz CT molecular complexity index is 1600. The molecule has 210 valence electrons. The van der Waals surface area contributed by atoms with Crippen LogP contribution in [0.2, 0.25) is 10.0 Å². The predicted octanol–water partition coefficient (Wildman–Crippen LogP) is 5.25. The highest BCUT2D eigenvalue weighted by Gasteiger charge is 2.37. The maximum Gasteiger partial charge on any atom is 0.455 e. The molecule has 10 nitrogen and oxygen atoms in total. The molecule has 40 heavy (non-hydrogen) atoms. The zero-order valence-corrected chi connectivity index (χ0v) is 23.8. The van der Waals surface area contributed by atoms with Crippen LogP contribution >= 0.6 is 35.4 Å². The van der Waals surface area contributed by atoms with Crippen LogP contribution in [0.4, 0.5) is 18.9 Å². The van der Waals surface area contributed by atoms with E-state index in [1.807, 2.05) is 20.8 Å². The predicted molar refractivity (Wildman–Crippen MR) is 147 cm³/mol. The van der Waals surface area contributed by atoms with E-state index in [0.717, 1.165) is 4.80 Å². The Morgan fingerprint density at radius 3 is 2.48 bits per heavy atom. The summed E-state index contributed by atoms with van der Waals surface area (Å²) in [4.78, 5) is 19.0.